The van der Waals surface area contributed by atoms with Gasteiger partial charge in [-0.1, -0.05) is 0 Å². The molecule has 1 aromatic carbocycles. The number of benzene rings is 1. The highest BCUT2D eigenvalue weighted by Gasteiger charge is 2.28. The van der Waals surface area contributed by atoms with Gasteiger partial charge >= 0.3 is 0 Å². The fourth-order valence-electron chi connectivity index (χ4n) is 1.47. The van der Waals surface area contributed by atoms with Gasteiger partial charge in [0, 0.05) is 0 Å². The predicted molar refractivity (Wildman–Crippen MR) is 51.1 cm³/mol. The number of ether oxygens (including phenoxy) is 2. The first-order chi connectivity index (χ1) is 7.59. The third-order valence-electron chi connectivity index (χ3n) is 2.20. The molecule has 1 fully saturated rings. The molecule has 0 aliphatic carbocycles. The molecule has 0 atom stereocenters. The van der Waals surface area contributed by atoms with Crippen molar-refractivity contribution in [2.75, 3.05) is 13.2 Å². The van der Waals surface area contributed by atoms with Crippen LogP contribution in [0.3, 0.4) is 0 Å². The highest BCUT2D eigenvalue weighted by atomic mass is 16.7. The molecular formula is C9H9NO6. The van der Waals surface area contributed by atoms with Crippen molar-refractivity contribution < 1.29 is 24.6 Å². The molecule has 86 valence electrons. The monoisotopic (exact) mass is 227 g/mol. The zero-order valence-corrected chi connectivity index (χ0v) is 8.12. The smallest absolute Gasteiger partial charge is 0.281 e. The van der Waals surface area contributed by atoms with Gasteiger partial charge in [0.2, 0.25) is 0 Å². The maximum atomic E-state index is 10.7. The van der Waals surface area contributed by atoms with Crippen LogP contribution in [0.1, 0.15) is 11.9 Å². The van der Waals surface area contributed by atoms with Gasteiger partial charge < -0.3 is 19.7 Å². The normalized spacial score (nSPS) is 16.5. The Bertz CT molecular complexity index is 426. The summed E-state index contributed by atoms with van der Waals surface area (Å²) < 4.78 is 10.2. The average molecular weight is 227 g/mol. The summed E-state index contributed by atoms with van der Waals surface area (Å²) in [5.74, 6) is -0.992. The lowest BCUT2D eigenvalue weighted by Crippen LogP contribution is -2.03. The Labute approximate surface area is 90.0 Å². The van der Waals surface area contributed by atoms with E-state index in [1.807, 2.05) is 0 Å². The van der Waals surface area contributed by atoms with Crippen LogP contribution >= 0.6 is 0 Å². The molecule has 1 saturated heterocycles. The molecule has 0 saturated carbocycles. The summed E-state index contributed by atoms with van der Waals surface area (Å²) in [5.41, 5.74) is -0.250. The lowest BCUT2D eigenvalue weighted by molar-refractivity contribution is -0.386. The van der Waals surface area contributed by atoms with E-state index >= 15 is 0 Å². The number of phenolic OH excluding ortho intramolecular Hbond substituents is 2. The quantitative estimate of drug-likeness (QED) is 0.444. The number of phenols is 2. The van der Waals surface area contributed by atoms with Crippen LogP contribution in [-0.2, 0) is 9.47 Å². The Morgan fingerprint density at radius 2 is 1.81 bits per heavy atom. The minimum Gasteiger partial charge on any atom is -0.504 e. The van der Waals surface area contributed by atoms with Crippen LogP contribution < -0.4 is 0 Å². The SMILES string of the molecule is O=[N+]([O-])c1cc(O)c(O)cc1C1OCCO1. The van der Waals surface area contributed by atoms with E-state index < -0.39 is 22.7 Å². The highest BCUT2D eigenvalue weighted by Crippen LogP contribution is 2.38. The Kier molecular flexibility index (Phi) is 2.63. The second kappa shape index (κ2) is 3.95. The van der Waals surface area contributed by atoms with Crippen LogP contribution in [0, 0.1) is 10.1 Å². The molecule has 1 heterocycles. The van der Waals surface area contributed by atoms with Crippen LogP contribution in [0.2, 0.25) is 0 Å². The first-order valence-corrected chi connectivity index (χ1v) is 4.53. The maximum Gasteiger partial charge on any atom is 0.281 e. The molecular weight excluding hydrogens is 218 g/mol. The van der Waals surface area contributed by atoms with E-state index in [1.54, 1.807) is 0 Å². The van der Waals surface area contributed by atoms with Crippen molar-refractivity contribution in [3.8, 4) is 11.5 Å². The maximum absolute atomic E-state index is 10.7. The van der Waals surface area contributed by atoms with Crippen LogP contribution in [-0.4, -0.2) is 28.4 Å². The summed E-state index contributed by atoms with van der Waals surface area (Å²) in [6.07, 6.45) is -0.869. The Hall–Kier alpha value is -1.86. The van der Waals surface area contributed by atoms with Gasteiger partial charge in [-0.15, -0.1) is 0 Å². The van der Waals surface area contributed by atoms with E-state index in [2.05, 4.69) is 0 Å². The third kappa shape index (κ3) is 1.77. The van der Waals surface area contributed by atoms with Gasteiger partial charge in [0.05, 0.1) is 29.8 Å². The second-order valence-electron chi connectivity index (χ2n) is 3.23. The summed E-state index contributed by atoms with van der Waals surface area (Å²) in [5, 5.41) is 29.2. The second-order valence-corrected chi connectivity index (χ2v) is 3.23. The molecule has 0 spiro atoms. The first kappa shape index (κ1) is 10.7. The lowest BCUT2D eigenvalue weighted by Gasteiger charge is -2.10. The first-order valence-electron chi connectivity index (χ1n) is 4.53. The third-order valence-corrected chi connectivity index (χ3v) is 2.20. The van der Waals surface area contributed by atoms with Crippen molar-refractivity contribution >= 4 is 5.69 Å². The van der Waals surface area contributed by atoms with Crippen molar-refractivity contribution in [1.82, 2.24) is 0 Å². The molecule has 7 heteroatoms. The van der Waals surface area contributed by atoms with Crippen molar-refractivity contribution in [2.45, 2.75) is 6.29 Å². The van der Waals surface area contributed by atoms with Gasteiger partial charge in [-0.2, -0.15) is 0 Å². The number of hydrogen-bond donors (Lipinski definition) is 2. The minimum absolute atomic E-state index is 0.0952. The van der Waals surface area contributed by atoms with Crippen molar-refractivity contribution in [2.24, 2.45) is 0 Å². The molecule has 2 rings (SSSR count). The Balaban J connectivity index is 2.48. The highest BCUT2D eigenvalue weighted by molar-refractivity contribution is 5.53. The summed E-state index contributed by atoms with van der Waals surface area (Å²) in [6, 6.07) is 1.94. The van der Waals surface area contributed by atoms with Gasteiger partial charge in [-0.25, -0.2) is 0 Å². The molecule has 0 amide bonds. The number of aromatic hydroxyl groups is 2. The largest absolute Gasteiger partial charge is 0.504 e. The van der Waals surface area contributed by atoms with Crippen molar-refractivity contribution in [3.05, 3.63) is 27.8 Å². The fourth-order valence-corrected chi connectivity index (χ4v) is 1.47. The van der Waals surface area contributed by atoms with Crippen molar-refractivity contribution in [3.63, 3.8) is 0 Å². The van der Waals surface area contributed by atoms with Gasteiger partial charge in [0.15, 0.2) is 17.8 Å². The standard InChI is InChI=1S/C9H9NO6/c11-7-3-5(9-15-1-2-16-9)6(10(13)14)4-8(7)12/h3-4,9,11-12H,1-2H2. The molecule has 0 bridgehead atoms. The Morgan fingerprint density at radius 1 is 1.25 bits per heavy atom. The van der Waals surface area contributed by atoms with Gasteiger partial charge in [0.1, 0.15) is 0 Å². The van der Waals surface area contributed by atoms with Crippen LogP contribution in [0.4, 0.5) is 5.69 Å². The molecule has 0 radical (unpaired) electrons. The van der Waals surface area contributed by atoms with E-state index in [1.165, 1.54) is 0 Å². The van der Waals surface area contributed by atoms with Gasteiger partial charge in [0.25, 0.3) is 5.69 Å². The molecule has 1 aliphatic rings. The molecule has 1 aromatic rings. The van der Waals surface area contributed by atoms with E-state index in [9.17, 15) is 20.3 Å². The number of nitro groups is 1. The summed E-state index contributed by atoms with van der Waals surface area (Å²) >= 11 is 0. The molecule has 0 unspecified atom stereocenters. The van der Waals surface area contributed by atoms with Gasteiger partial charge in [-0.3, -0.25) is 10.1 Å². The Morgan fingerprint density at radius 3 is 2.38 bits per heavy atom. The molecule has 16 heavy (non-hydrogen) atoms. The minimum atomic E-state index is -0.869. The van der Waals surface area contributed by atoms with E-state index in [0.717, 1.165) is 12.1 Å². The van der Waals surface area contributed by atoms with E-state index in [4.69, 9.17) is 9.47 Å². The number of nitro benzene ring substituents is 1. The fraction of sp³-hybridized carbons (Fsp3) is 0.333. The topological polar surface area (TPSA) is 102 Å². The van der Waals surface area contributed by atoms with Crippen molar-refractivity contribution in [1.29, 1.82) is 0 Å². The summed E-state index contributed by atoms with van der Waals surface area (Å²) in [4.78, 5) is 10.1. The number of nitrogens with zero attached hydrogens (tertiary/aromatic N) is 1. The zero-order chi connectivity index (χ0) is 11.7. The predicted octanol–water partition coefficient (Wildman–Crippen LogP) is 1.05. The average Bonchev–Trinajstić information content (AvgIpc) is 2.74. The lowest BCUT2D eigenvalue weighted by atomic mass is 10.1. The van der Waals surface area contributed by atoms with Gasteiger partial charge in [-0.05, 0) is 6.07 Å². The zero-order valence-electron chi connectivity index (χ0n) is 8.12. The summed E-state index contributed by atoms with van der Waals surface area (Å²) in [7, 11) is 0. The summed E-state index contributed by atoms with van der Waals surface area (Å²) in [6.45, 7) is 0.674. The molecule has 0 aromatic heterocycles. The van der Waals surface area contributed by atoms with Crippen LogP contribution in [0.15, 0.2) is 12.1 Å². The molecule has 1 aliphatic heterocycles. The number of hydrogen-bond acceptors (Lipinski definition) is 6. The van der Waals surface area contributed by atoms with Crippen LogP contribution in [0.25, 0.3) is 0 Å². The van der Waals surface area contributed by atoms with E-state index in [0.29, 0.717) is 13.2 Å². The molecule has 7 nitrogen and oxygen atoms in total. The number of rotatable bonds is 2. The van der Waals surface area contributed by atoms with E-state index in [-0.39, 0.29) is 11.3 Å². The molecule has 2 N–H and O–H groups in total. The van der Waals surface area contributed by atoms with Crippen LogP contribution in [0.5, 0.6) is 11.5 Å².